The average Bonchev–Trinajstić information content (AvgIpc) is 2.45. The summed E-state index contributed by atoms with van der Waals surface area (Å²) in [5.74, 6) is 0.253. The highest BCUT2D eigenvalue weighted by molar-refractivity contribution is 7.89. The van der Waals surface area contributed by atoms with Gasteiger partial charge in [0.25, 0.3) is 0 Å². The standard InChI is InChI=1S/C7H15NO2S/c1-3-6-11(9,10)8-7(2)4-5-7/h8H,3-6H2,1-2H3. The van der Waals surface area contributed by atoms with Crippen LogP contribution in [0.3, 0.4) is 0 Å². The molecule has 1 fully saturated rings. The molecular formula is C7H15NO2S. The molecule has 0 aliphatic heterocycles. The summed E-state index contributed by atoms with van der Waals surface area (Å²) < 4.78 is 25.0. The van der Waals surface area contributed by atoms with Gasteiger partial charge in [-0.1, -0.05) is 6.92 Å². The van der Waals surface area contributed by atoms with Crippen LogP contribution in [0, 0.1) is 0 Å². The lowest BCUT2D eigenvalue weighted by Crippen LogP contribution is -2.35. The minimum atomic E-state index is -2.98. The fourth-order valence-corrected chi connectivity index (χ4v) is 2.58. The van der Waals surface area contributed by atoms with Crippen molar-refractivity contribution in [2.45, 2.75) is 38.6 Å². The molecule has 4 heteroatoms. The van der Waals surface area contributed by atoms with E-state index in [1.807, 2.05) is 13.8 Å². The molecule has 0 unspecified atom stereocenters. The lowest BCUT2D eigenvalue weighted by Gasteiger charge is -2.10. The second-order valence-electron chi connectivity index (χ2n) is 3.48. The third kappa shape index (κ3) is 2.79. The minimum Gasteiger partial charge on any atom is -0.212 e. The summed E-state index contributed by atoms with van der Waals surface area (Å²) in [4.78, 5) is 0. The van der Waals surface area contributed by atoms with Gasteiger partial charge in [-0.2, -0.15) is 0 Å². The second kappa shape index (κ2) is 2.75. The number of rotatable bonds is 4. The number of hydrogen-bond donors (Lipinski definition) is 1. The maximum atomic E-state index is 11.2. The first-order chi connectivity index (χ1) is 4.97. The first kappa shape index (κ1) is 9.00. The van der Waals surface area contributed by atoms with Crippen molar-refractivity contribution < 1.29 is 8.42 Å². The van der Waals surface area contributed by atoms with E-state index in [4.69, 9.17) is 0 Å². The van der Waals surface area contributed by atoms with Crippen molar-refractivity contribution >= 4 is 10.0 Å². The van der Waals surface area contributed by atoms with Gasteiger partial charge in [-0.25, -0.2) is 13.1 Å². The predicted octanol–water partition coefficient (Wildman–Crippen LogP) is 0.868. The molecule has 1 aliphatic rings. The van der Waals surface area contributed by atoms with E-state index in [1.54, 1.807) is 0 Å². The van der Waals surface area contributed by atoms with Gasteiger partial charge in [-0.05, 0) is 26.2 Å². The van der Waals surface area contributed by atoms with Crippen LogP contribution in [0.2, 0.25) is 0 Å². The van der Waals surface area contributed by atoms with E-state index in [0.29, 0.717) is 6.42 Å². The molecule has 1 rings (SSSR count). The van der Waals surface area contributed by atoms with Crippen LogP contribution in [0.15, 0.2) is 0 Å². The van der Waals surface area contributed by atoms with Gasteiger partial charge in [0, 0.05) is 5.54 Å². The molecule has 0 radical (unpaired) electrons. The smallest absolute Gasteiger partial charge is 0.212 e. The van der Waals surface area contributed by atoms with Gasteiger partial charge in [-0.3, -0.25) is 0 Å². The number of nitrogens with one attached hydrogen (secondary N) is 1. The van der Waals surface area contributed by atoms with Crippen molar-refractivity contribution in [3.63, 3.8) is 0 Å². The zero-order chi connectivity index (χ0) is 8.54. The highest BCUT2D eigenvalue weighted by Gasteiger charge is 2.40. The van der Waals surface area contributed by atoms with Gasteiger partial charge in [0.1, 0.15) is 0 Å². The molecule has 0 heterocycles. The third-order valence-electron chi connectivity index (χ3n) is 1.87. The number of sulfonamides is 1. The summed E-state index contributed by atoms with van der Waals surface area (Å²) >= 11 is 0. The predicted molar refractivity (Wildman–Crippen MR) is 44.9 cm³/mol. The van der Waals surface area contributed by atoms with E-state index < -0.39 is 10.0 Å². The van der Waals surface area contributed by atoms with Crippen LogP contribution >= 0.6 is 0 Å². The first-order valence-corrected chi connectivity index (χ1v) is 5.64. The molecule has 0 aromatic carbocycles. The van der Waals surface area contributed by atoms with Crippen LogP contribution < -0.4 is 4.72 Å². The van der Waals surface area contributed by atoms with Gasteiger partial charge < -0.3 is 0 Å². The molecule has 0 aromatic heterocycles. The molecule has 0 atom stereocenters. The van der Waals surface area contributed by atoms with Crippen LogP contribution in [-0.4, -0.2) is 19.7 Å². The van der Waals surface area contributed by atoms with Crippen LogP contribution in [0.4, 0.5) is 0 Å². The summed E-state index contributed by atoms with van der Waals surface area (Å²) in [5.41, 5.74) is -0.103. The Morgan fingerprint density at radius 2 is 2.00 bits per heavy atom. The normalized spacial score (nSPS) is 21.6. The summed E-state index contributed by atoms with van der Waals surface area (Å²) in [6.45, 7) is 3.81. The lowest BCUT2D eigenvalue weighted by atomic mass is 10.4. The molecule has 0 aromatic rings. The van der Waals surface area contributed by atoms with Crippen molar-refractivity contribution in [1.29, 1.82) is 0 Å². The monoisotopic (exact) mass is 177 g/mol. The summed E-state index contributed by atoms with van der Waals surface area (Å²) in [6, 6.07) is 0. The molecule has 3 nitrogen and oxygen atoms in total. The van der Waals surface area contributed by atoms with Gasteiger partial charge in [-0.15, -0.1) is 0 Å². The Labute approximate surface area is 68.2 Å². The Kier molecular flexibility index (Phi) is 2.25. The maximum Gasteiger partial charge on any atom is 0.212 e. The van der Waals surface area contributed by atoms with Gasteiger partial charge in [0.2, 0.25) is 10.0 Å². The fraction of sp³-hybridized carbons (Fsp3) is 1.00. The maximum absolute atomic E-state index is 11.2. The molecule has 11 heavy (non-hydrogen) atoms. The highest BCUT2D eigenvalue weighted by Crippen LogP contribution is 2.34. The van der Waals surface area contributed by atoms with Crippen LogP contribution in [-0.2, 0) is 10.0 Å². The molecular weight excluding hydrogens is 162 g/mol. The Hall–Kier alpha value is -0.0900. The van der Waals surface area contributed by atoms with Crippen LogP contribution in [0.1, 0.15) is 33.1 Å². The lowest BCUT2D eigenvalue weighted by molar-refractivity contribution is 0.557. The zero-order valence-corrected chi connectivity index (χ0v) is 7.87. The van der Waals surface area contributed by atoms with E-state index in [9.17, 15) is 8.42 Å². The largest absolute Gasteiger partial charge is 0.212 e. The van der Waals surface area contributed by atoms with Crippen LogP contribution in [0.25, 0.3) is 0 Å². The van der Waals surface area contributed by atoms with Gasteiger partial charge >= 0.3 is 0 Å². The quantitative estimate of drug-likeness (QED) is 0.692. The number of hydrogen-bond acceptors (Lipinski definition) is 2. The Balaban J connectivity index is 2.47. The molecule has 0 amide bonds. The van der Waals surface area contributed by atoms with Gasteiger partial charge in [0.05, 0.1) is 5.75 Å². The molecule has 1 N–H and O–H groups in total. The Morgan fingerprint density at radius 3 is 2.36 bits per heavy atom. The molecule has 1 aliphatic carbocycles. The summed E-state index contributed by atoms with van der Waals surface area (Å²) in [5, 5.41) is 0. The third-order valence-corrected chi connectivity index (χ3v) is 3.62. The summed E-state index contributed by atoms with van der Waals surface area (Å²) in [7, 11) is -2.98. The van der Waals surface area contributed by atoms with Crippen molar-refractivity contribution in [1.82, 2.24) is 4.72 Å². The Bertz CT molecular complexity index is 229. The SMILES string of the molecule is CCCS(=O)(=O)NC1(C)CC1. The van der Waals surface area contributed by atoms with Crippen molar-refractivity contribution in [2.75, 3.05) is 5.75 Å². The van der Waals surface area contributed by atoms with Gasteiger partial charge in [0.15, 0.2) is 0 Å². The Morgan fingerprint density at radius 1 is 1.45 bits per heavy atom. The molecule has 1 saturated carbocycles. The highest BCUT2D eigenvalue weighted by atomic mass is 32.2. The van der Waals surface area contributed by atoms with E-state index in [0.717, 1.165) is 12.8 Å². The van der Waals surface area contributed by atoms with Crippen LogP contribution in [0.5, 0.6) is 0 Å². The topological polar surface area (TPSA) is 46.2 Å². The molecule has 0 bridgehead atoms. The molecule has 66 valence electrons. The summed E-state index contributed by atoms with van der Waals surface area (Å²) in [6.07, 6.45) is 2.65. The molecule has 0 spiro atoms. The average molecular weight is 177 g/mol. The second-order valence-corrected chi connectivity index (χ2v) is 5.32. The molecule has 0 saturated heterocycles. The van der Waals surface area contributed by atoms with Crippen molar-refractivity contribution in [3.8, 4) is 0 Å². The van der Waals surface area contributed by atoms with E-state index in [-0.39, 0.29) is 11.3 Å². The zero-order valence-electron chi connectivity index (χ0n) is 7.05. The first-order valence-electron chi connectivity index (χ1n) is 3.99. The fourth-order valence-electron chi connectivity index (χ4n) is 0.985. The van der Waals surface area contributed by atoms with E-state index in [2.05, 4.69) is 4.72 Å². The van der Waals surface area contributed by atoms with Crippen molar-refractivity contribution in [3.05, 3.63) is 0 Å². The van der Waals surface area contributed by atoms with Crippen molar-refractivity contribution in [2.24, 2.45) is 0 Å². The minimum absolute atomic E-state index is 0.103. The van der Waals surface area contributed by atoms with E-state index in [1.165, 1.54) is 0 Å². The van der Waals surface area contributed by atoms with E-state index >= 15 is 0 Å².